The molecule has 2 aliphatic rings. The Hall–Kier alpha value is -3.09. The quantitative estimate of drug-likeness (QED) is 0.121. The molecule has 0 aliphatic carbocycles. The first-order valence-electron chi connectivity index (χ1n) is 12.7. The highest BCUT2D eigenvalue weighted by Crippen LogP contribution is 2.30. The highest BCUT2D eigenvalue weighted by molar-refractivity contribution is 5.87. The van der Waals surface area contributed by atoms with E-state index in [0.717, 1.165) is 19.2 Å². The lowest BCUT2D eigenvalue weighted by Crippen LogP contribution is -2.68. The first kappa shape index (κ1) is 32.4. The number of carboxylic acid groups (broad SMARTS) is 1. The van der Waals surface area contributed by atoms with Gasteiger partial charge in [-0.1, -0.05) is 6.07 Å². The van der Waals surface area contributed by atoms with Crippen molar-refractivity contribution in [2.24, 2.45) is 0 Å². The molecule has 0 spiro atoms. The van der Waals surface area contributed by atoms with Gasteiger partial charge < -0.3 is 65.3 Å². The monoisotopic (exact) mass is 588 g/mol. The number of carboxylic acids is 1. The van der Waals surface area contributed by atoms with E-state index in [9.17, 15) is 50.1 Å². The van der Waals surface area contributed by atoms with Crippen LogP contribution < -0.4 is 10.6 Å². The Kier molecular flexibility index (Phi) is 10.8. The average Bonchev–Trinajstić information content (AvgIpc) is 2.91. The van der Waals surface area contributed by atoms with Crippen LogP contribution in [0, 0.1) is 0 Å². The van der Waals surface area contributed by atoms with Crippen LogP contribution in [0.15, 0.2) is 18.2 Å². The molecule has 9 N–H and O–H groups in total. The fourth-order valence-corrected chi connectivity index (χ4v) is 4.85. The Morgan fingerprint density at radius 1 is 1.02 bits per heavy atom. The number of amides is 2. The molecule has 2 heterocycles. The number of aliphatic hydroxyl groups excluding tert-OH is 4. The number of phenolic OH excluding ortho intramolecular Hbond substituents is 2. The van der Waals surface area contributed by atoms with Crippen LogP contribution in [0.2, 0.25) is 0 Å². The maximum Gasteiger partial charge on any atom is 0.326 e. The largest absolute Gasteiger partial charge is 0.504 e. The normalized spacial score (nSPS) is 34.4. The number of rotatable bonds is 10. The van der Waals surface area contributed by atoms with E-state index in [2.05, 4.69) is 10.6 Å². The van der Waals surface area contributed by atoms with E-state index in [1.54, 1.807) is 6.92 Å². The Balaban J connectivity index is 1.83. The second-order valence-corrected chi connectivity index (χ2v) is 9.91. The van der Waals surface area contributed by atoms with Gasteiger partial charge in [0, 0.05) is 20.5 Å². The second-order valence-electron chi connectivity index (χ2n) is 9.91. The van der Waals surface area contributed by atoms with Crippen LogP contribution >= 0.6 is 0 Å². The number of aliphatic carboxylic acids is 1. The first-order valence-corrected chi connectivity index (χ1v) is 12.7. The summed E-state index contributed by atoms with van der Waals surface area (Å²) < 4.78 is 22.1. The van der Waals surface area contributed by atoms with Crippen LogP contribution in [0.3, 0.4) is 0 Å². The molecule has 0 aromatic heterocycles. The van der Waals surface area contributed by atoms with Gasteiger partial charge in [0.05, 0.1) is 18.8 Å². The summed E-state index contributed by atoms with van der Waals surface area (Å²) in [7, 11) is 1.13. The van der Waals surface area contributed by atoms with E-state index < -0.39 is 103 Å². The van der Waals surface area contributed by atoms with Crippen molar-refractivity contribution < 1.29 is 69.1 Å². The molecule has 2 saturated heterocycles. The van der Waals surface area contributed by atoms with Gasteiger partial charge >= 0.3 is 5.97 Å². The van der Waals surface area contributed by atoms with Gasteiger partial charge in [-0.25, -0.2) is 4.79 Å². The molecule has 230 valence electrons. The number of phenols is 2. The van der Waals surface area contributed by atoms with Crippen molar-refractivity contribution in [2.75, 3.05) is 13.7 Å². The Bertz CT molecular complexity index is 1090. The second kappa shape index (κ2) is 13.7. The SMILES string of the molecule is CO[C@@H]1C(C(=O)N[C@H](Cc2ccc(O)c(O)c2)C(=O)O)O[C@@H](OC2C(NC(C)=O)[C@H](C)OC(CO)[C@H]2O)C(O)C1O. The van der Waals surface area contributed by atoms with Crippen molar-refractivity contribution in [1.82, 2.24) is 10.6 Å². The summed E-state index contributed by atoms with van der Waals surface area (Å²) in [6.07, 6.45) is -13.7. The number of ether oxygens (including phenoxy) is 4. The average molecular weight is 589 g/mol. The fraction of sp³-hybridized carbons (Fsp3) is 0.640. The van der Waals surface area contributed by atoms with Gasteiger partial charge in [-0.3, -0.25) is 9.59 Å². The van der Waals surface area contributed by atoms with Crippen molar-refractivity contribution in [1.29, 1.82) is 0 Å². The van der Waals surface area contributed by atoms with Crippen LogP contribution in [0.5, 0.6) is 11.5 Å². The smallest absolute Gasteiger partial charge is 0.326 e. The summed E-state index contributed by atoms with van der Waals surface area (Å²) >= 11 is 0. The predicted octanol–water partition coefficient (Wildman–Crippen LogP) is -3.30. The van der Waals surface area contributed by atoms with Crippen molar-refractivity contribution >= 4 is 17.8 Å². The molecule has 41 heavy (non-hydrogen) atoms. The third-order valence-electron chi connectivity index (χ3n) is 6.98. The first-order chi connectivity index (χ1) is 19.3. The van der Waals surface area contributed by atoms with Gasteiger partial charge in [-0.05, 0) is 24.6 Å². The number of nitrogens with one attached hydrogen (secondary N) is 2. The minimum absolute atomic E-state index is 0.266. The summed E-state index contributed by atoms with van der Waals surface area (Å²) in [5.41, 5.74) is 0.266. The van der Waals surface area contributed by atoms with Gasteiger partial charge in [0.25, 0.3) is 5.91 Å². The van der Waals surface area contributed by atoms with Crippen molar-refractivity contribution in [3.8, 4) is 11.5 Å². The molecule has 6 unspecified atom stereocenters. The summed E-state index contributed by atoms with van der Waals surface area (Å²) in [4.78, 5) is 36.9. The highest BCUT2D eigenvalue weighted by atomic mass is 16.7. The van der Waals surface area contributed by atoms with E-state index >= 15 is 0 Å². The summed E-state index contributed by atoms with van der Waals surface area (Å²) in [6, 6.07) is 1.08. The topological polar surface area (TPSA) is 254 Å². The van der Waals surface area contributed by atoms with Gasteiger partial charge in [0.15, 0.2) is 23.9 Å². The van der Waals surface area contributed by atoms with Crippen LogP contribution in [0.4, 0.5) is 0 Å². The minimum atomic E-state index is -1.82. The third kappa shape index (κ3) is 7.41. The zero-order valence-corrected chi connectivity index (χ0v) is 22.5. The van der Waals surface area contributed by atoms with Crippen LogP contribution in [0.1, 0.15) is 19.4 Å². The number of aliphatic hydroxyl groups is 4. The number of benzene rings is 1. The fourth-order valence-electron chi connectivity index (χ4n) is 4.85. The molecular formula is C25H36N2O14. The van der Waals surface area contributed by atoms with E-state index in [4.69, 9.17) is 18.9 Å². The summed E-state index contributed by atoms with van der Waals surface area (Å²) in [5, 5.41) is 75.6. The van der Waals surface area contributed by atoms with Crippen molar-refractivity contribution in [3.63, 3.8) is 0 Å². The zero-order chi connectivity index (χ0) is 30.6. The number of carbonyl (C=O) groups excluding carboxylic acids is 2. The highest BCUT2D eigenvalue weighted by Gasteiger charge is 2.52. The number of methoxy groups -OCH3 is 1. The molecule has 2 amide bonds. The van der Waals surface area contributed by atoms with Crippen LogP contribution in [-0.4, -0.2) is 134 Å². The van der Waals surface area contributed by atoms with Crippen LogP contribution in [0.25, 0.3) is 0 Å². The van der Waals surface area contributed by atoms with E-state index in [-0.39, 0.29) is 12.0 Å². The molecule has 3 rings (SSSR count). The van der Waals surface area contributed by atoms with Gasteiger partial charge in [-0.2, -0.15) is 0 Å². The molecular weight excluding hydrogens is 552 g/mol. The molecule has 16 nitrogen and oxygen atoms in total. The van der Waals surface area contributed by atoms with E-state index in [0.29, 0.717) is 0 Å². The van der Waals surface area contributed by atoms with Crippen molar-refractivity contribution in [3.05, 3.63) is 23.8 Å². The van der Waals surface area contributed by atoms with Gasteiger partial charge in [0.2, 0.25) is 5.91 Å². The van der Waals surface area contributed by atoms with E-state index in [1.807, 2.05) is 0 Å². The maximum atomic E-state index is 13.2. The number of hydrogen-bond donors (Lipinski definition) is 9. The van der Waals surface area contributed by atoms with Crippen LogP contribution in [-0.2, 0) is 39.8 Å². The van der Waals surface area contributed by atoms with E-state index in [1.165, 1.54) is 13.0 Å². The summed E-state index contributed by atoms with van der Waals surface area (Å²) in [6.45, 7) is 2.16. The molecule has 0 bridgehead atoms. The molecule has 0 radical (unpaired) electrons. The Morgan fingerprint density at radius 3 is 2.27 bits per heavy atom. The molecule has 1 aromatic rings. The number of carbonyl (C=O) groups is 3. The molecule has 16 heteroatoms. The standard InChI is InChI=1S/C25H36N2O14/c1-9-16(26-10(2)29)20(17(32)15(8-28)39-9)40-25-19(34)18(33)21(38-3)22(41-25)23(35)27-12(24(36)37)6-11-4-5-13(30)14(31)7-11/h4-5,7,9,12,15-22,25,28,30-34H,6,8H2,1-3H3,(H,26,29)(H,27,35)(H,36,37)/t9-,12+,15?,16?,17+,18?,19?,20?,21-,22?,25+/m0/s1. The lowest BCUT2D eigenvalue weighted by molar-refractivity contribution is -0.325. The maximum absolute atomic E-state index is 13.2. The number of aromatic hydroxyl groups is 2. The van der Waals surface area contributed by atoms with Gasteiger partial charge in [-0.15, -0.1) is 0 Å². The molecule has 2 aliphatic heterocycles. The van der Waals surface area contributed by atoms with Gasteiger partial charge in [0.1, 0.15) is 42.7 Å². The Morgan fingerprint density at radius 2 is 1.71 bits per heavy atom. The third-order valence-corrected chi connectivity index (χ3v) is 6.98. The Labute approximate surface area is 234 Å². The predicted molar refractivity (Wildman–Crippen MR) is 134 cm³/mol. The molecule has 1 aromatic carbocycles. The zero-order valence-electron chi connectivity index (χ0n) is 22.5. The van der Waals surface area contributed by atoms with Crippen molar-refractivity contribution in [2.45, 2.75) is 87.5 Å². The lowest BCUT2D eigenvalue weighted by atomic mass is 9.92. The molecule has 11 atom stereocenters. The minimum Gasteiger partial charge on any atom is -0.504 e. The molecule has 2 fully saturated rings. The molecule has 0 saturated carbocycles. The lowest BCUT2D eigenvalue weighted by Gasteiger charge is -2.47. The summed E-state index contributed by atoms with van der Waals surface area (Å²) in [5.74, 6) is -3.92. The number of hydrogen-bond acceptors (Lipinski definition) is 13.